The molecule has 0 saturated heterocycles. The van der Waals surface area contributed by atoms with Gasteiger partial charge in [0.05, 0.1) is 13.2 Å². The number of unbranched alkanes of at least 4 members (excludes halogenated alkanes) is 3. The summed E-state index contributed by atoms with van der Waals surface area (Å²) in [5, 5.41) is 2.29. The zero-order valence-corrected chi connectivity index (χ0v) is 15.7. The summed E-state index contributed by atoms with van der Waals surface area (Å²) in [6.45, 7) is 5.86. The van der Waals surface area contributed by atoms with E-state index in [1.165, 1.54) is 5.56 Å². The highest BCUT2D eigenvalue weighted by atomic mass is 35.5. The molecule has 0 aromatic heterocycles. The molecule has 0 heterocycles. The van der Waals surface area contributed by atoms with E-state index in [-0.39, 0.29) is 0 Å². The maximum atomic E-state index is 6.12. The summed E-state index contributed by atoms with van der Waals surface area (Å²) in [7, 11) is 0. The van der Waals surface area contributed by atoms with Crippen LogP contribution in [0, 0.1) is 0 Å². The molecule has 0 aliphatic carbocycles. The first kappa shape index (κ1) is 18.9. The van der Waals surface area contributed by atoms with Crippen LogP contribution in [-0.4, -0.2) is 19.1 Å². The number of hydrogen-bond acceptors (Lipinski definition) is 2. The first-order valence-corrected chi connectivity index (χ1v) is 9.71. The van der Waals surface area contributed by atoms with Gasteiger partial charge in [-0.15, -0.1) is 11.6 Å². The normalized spacial score (nSPS) is 11.0. The lowest BCUT2D eigenvalue weighted by molar-refractivity contribution is 0.302. The van der Waals surface area contributed by atoms with Crippen molar-refractivity contribution in [3.63, 3.8) is 0 Å². The molecule has 2 nitrogen and oxygen atoms in total. The summed E-state index contributed by atoms with van der Waals surface area (Å²) >= 11 is 5.73. The molecule has 0 bridgehead atoms. The number of ether oxygens (including phenoxy) is 2. The molecular weight excluding hydrogens is 320 g/mol. The largest absolute Gasteiger partial charge is 0.493 e. The van der Waals surface area contributed by atoms with Crippen molar-refractivity contribution >= 4 is 22.4 Å². The Hall–Kier alpha value is -1.41. The van der Waals surface area contributed by atoms with Gasteiger partial charge in [0.2, 0.25) is 0 Å². The van der Waals surface area contributed by atoms with Crippen molar-refractivity contribution in [3.05, 3.63) is 35.9 Å². The van der Waals surface area contributed by atoms with Gasteiger partial charge in [0.15, 0.2) is 0 Å². The molecule has 0 atom stereocenters. The zero-order valence-electron chi connectivity index (χ0n) is 14.9. The van der Waals surface area contributed by atoms with Crippen LogP contribution in [0.4, 0.5) is 0 Å². The minimum absolute atomic E-state index is 0.729. The maximum absolute atomic E-state index is 6.12. The van der Waals surface area contributed by atoms with E-state index in [0.29, 0.717) is 0 Å². The van der Waals surface area contributed by atoms with Gasteiger partial charge in [0.1, 0.15) is 11.5 Å². The summed E-state index contributed by atoms with van der Waals surface area (Å²) < 4.78 is 12.2. The monoisotopic (exact) mass is 348 g/mol. The van der Waals surface area contributed by atoms with Crippen molar-refractivity contribution in [2.24, 2.45) is 0 Å². The molecule has 0 N–H and O–H groups in total. The fraction of sp³-hybridized carbons (Fsp3) is 0.524. The highest BCUT2D eigenvalue weighted by Crippen LogP contribution is 2.37. The van der Waals surface area contributed by atoms with E-state index >= 15 is 0 Å². The number of hydrogen-bond donors (Lipinski definition) is 0. The van der Waals surface area contributed by atoms with Crippen LogP contribution in [0.15, 0.2) is 30.3 Å². The van der Waals surface area contributed by atoms with Crippen LogP contribution < -0.4 is 9.47 Å². The predicted octanol–water partition coefficient (Wildman–Crippen LogP) is 6.37. The first-order chi connectivity index (χ1) is 11.8. The second-order valence-electron chi connectivity index (χ2n) is 6.06. The average Bonchev–Trinajstić information content (AvgIpc) is 2.62. The molecule has 24 heavy (non-hydrogen) atoms. The summed E-state index contributed by atoms with van der Waals surface area (Å²) in [5.74, 6) is 2.72. The quantitative estimate of drug-likeness (QED) is 0.347. The van der Waals surface area contributed by atoms with Gasteiger partial charge >= 0.3 is 0 Å². The SMILES string of the molecule is CCCCOc1c(CC)cc(OCCCCCCl)c2ccccc12. The molecule has 132 valence electrons. The number of aryl methyl sites for hydroxylation is 1. The molecule has 2 aromatic carbocycles. The smallest absolute Gasteiger partial charge is 0.130 e. The Kier molecular flexibility index (Phi) is 8.24. The van der Waals surface area contributed by atoms with E-state index in [9.17, 15) is 0 Å². The van der Waals surface area contributed by atoms with Crippen molar-refractivity contribution in [1.82, 2.24) is 0 Å². The molecule has 0 spiro atoms. The van der Waals surface area contributed by atoms with Gasteiger partial charge in [-0.25, -0.2) is 0 Å². The number of halogens is 1. The zero-order chi connectivity index (χ0) is 17.2. The van der Waals surface area contributed by atoms with Crippen molar-refractivity contribution in [2.75, 3.05) is 19.1 Å². The molecular formula is C21H29ClO2. The maximum Gasteiger partial charge on any atom is 0.130 e. The van der Waals surface area contributed by atoms with Crippen molar-refractivity contribution in [3.8, 4) is 11.5 Å². The summed E-state index contributed by atoms with van der Waals surface area (Å²) in [4.78, 5) is 0. The number of fused-ring (bicyclic) bond motifs is 1. The standard InChI is InChI=1S/C21H29ClO2/c1-3-5-14-24-21-17(4-2)16-20(23-15-10-6-9-13-22)18-11-7-8-12-19(18)21/h7-8,11-12,16H,3-6,9-10,13-15H2,1-2H3. The highest BCUT2D eigenvalue weighted by molar-refractivity contribution is 6.17. The van der Waals surface area contributed by atoms with Crippen molar-refractivity contribution < 1.29 is 9.47 Å². The number of rotatable bonds is 11. The van der Waals surface area contributed by atoms with Crippen LogP contribution >= 0.6 is 11.6 Å². The Balaban J connectivity index is 2.23. The third kappa shape index (κ3) is 5.04. The number of benzene rings is 2. The summed E-state index contributed by atoms with van der Waals surface area (Å²) in [6, 6.07) is 10.5. The van der Waals surface area contributed by atoms with Crippen LogP contribution in [0.1, 0.15) is 51.5 Å². The predicted molar refractivity (Wildman–Crippen MR) is 104 cm³/mol. The lowest BCUT2D eigenvalue weighted by Gasteiger charge is -2.17. The van der Waals surface area contributed by atoms with Gasteiger partial charge < -0.3 is 9.47 Å². The van der Waals surface area contributed by atoms with E-state index in [4.69, 9.17) is 21.1 Å². The lowest BCUT2D eigenvalue weighted by atomic mass is 10.0. The van der Waals surface area contributed by atoms with E-state index in [2.05, 4.69) is 44.2 Å². The first-order valence-electron chi connectivity index (χ1n) is 9.18. The highest BCUT2D eigenvalue weighted by Gasteiger charge is 2.13. The summed E-state index contributed by atoms with van der Waals surface area (Å²) in [6.07, 6.45) is 6.36. The molecule has 0 radical (unpaired) electrons. The van der Waals surface area contributed by atoms with Gasteiger partial charge in [0.25, 0.3) is 0 Å². The fourth-order valence-corrected chi connectivity index (χ4v) is 2.99. The topological polar surface area (TPSA) is 18.5 Å². The minimum atomic E-state index is 0.729. The van der Waals surface area contributed by atoms with Gasteiger partial charge in [-0.1, -0.05) is 44.5 Å². The average molecular weight is 349 g/mol. The van der Waals surface area contributed by atoms with Crippen LogP contribution in [0.5, 0.6) is 11.5 Å². The van der Waals surface area contributed by atoms with Gasteiger partial charge in [-0.05, 0) is 43.7 Å². The molecule has 3 heteroatoms. The third-order valence-corrected chi connectivity index (χ3v) is 4.46. The Morgan fingerprint density at radius 2 is 1.62 bits per heavy atom. The molecule has 0 aliphatic rings. The Morgan fingerprint density at radius 1 is 0.875 bits per heavy atom. The third-order valence-electron chi connectivity index (χ3n) is 4.19. The molecule has 0 saturated carbocycles. The molecule has 0 amide bonds. The van der Waals surface area contributed by atoms with Crippen LogP contribution in [0.3, 0.4) is 0 Å². The van der Waals surface area contributed by atoms with Crippen LogP contribution in [0.25, 0.3) is 10.8 Å². The second kappa shape index (κ2) is 10.5. The second-order valence-corrected chi connectivity index (χ2v) is 6.44. The van der Waals surface area contributed by atoms with Gasteiger partial charge in [-0.3, -0.25) is 0 Å². The van der Waals surface area contributed by atoms with Crippen LogP contribution in [-0.2, 0) is 6.42 Å². The molecule has 0 fully saturated rings. The molecule has 2 aromatic rings. The molecule has 0 aliphatic heterocycles. The fourth-order valence-electron chi connectivity index (χ4n) is 2.80. The Labute approximate surface area is 151 Å². The lowest BCUT2D eigenvalue weighted by Crippen LogP contribution is -2.03. The van der Waals surface area contributed by atoms with E-state index < -0.39 is 0 Å². The van der Waals surface area contributed by atoms with Gasteiger partial charge in [-0.2, -0.15) is 0 Å². The number of alkyl halides is 1. The van der Waals surface area contributed by atoms with E-state index in [1.54, 1.807) is 0 Å². The van der Waals surface area contributed by atoms with Crippen molar-refractivity contribution in [2.45, 2.75) is 52.4 Å². The Morgan fingerprint density at radius 3 is 2.33 bits per heavy atom. The molecule has 0 unspecified atom stereocenters. The minimum Gasteiger partial charge on any atom is -0.493 e. The molecule has 2 rings (SSSR count). The van der Waals surface area contributed by atoms with E-state index in [0.717, 1.165) is 79.9 Å². The van der Waals surface area contributed by atoms with Gasteiger partial charge in [0, 0.05) is 16.7 Å². The summed E-state index contributed by atoms with van der Waals surface area (Å²) in [5.41, 5.74) is 1.22. The van der Waals surface area contributed by atoms with E-state index in [1.807, 2.05) is 0 Å². The van der Waals surface area contributed by atoms with Crippen molar-refractivity contribution in [1.29, 1.82) is 0 Å². The Bertz CT molecular complexity index is 625. The van der Waals surface area contributed by atoms with Crippen LogP contribution in [0.2, 0.25) is 0 Å².